The number of rotatable bonds is 5. The summed E-state index contributed by atoms with van der Waals surface area (Å²) < 4.78 is 0. The minimum absolute atomic E-state index is 0.226. The van der Waals surface area contributed by atoms with Crippen molar-refractivity contribution in [3.8, 4) is 0 Å². The molecule has 0 heterocycles. The highest BCUT2D eigenvalue weighted by Crippen LogP contribution is 2.54. The van der Waals surface area contributed by atoms with Crippen LogP contribution >= 0.6 is 0 Å². The molecule has 1 aromatic rings. The fourth-order valence-corrected chi connectivity index (χ4v) is 3.48. The van der Waals surface area contributed by atoms with Gasteiger partial charge in [0.15, 0.2) is 0 Å². The number of hydrogen-bond donors (Lipinski definition) is 2. The quantitative estimate of drug-likeness (QED) is 0.863. The van der Waals surface area contributed by atoms with Crippen molar-refractivity contribution in [3.05, 3.63) is 29.8 Å². The van der Waals surface area contributed by atoms with Crippen LogP contribution in [0.25, 0.3) is 0 Å². The molecule has 20 heavy (non-hydrogen) atoms. The van der Waals surface area contributed by atoms with Gasteiger partial charge in [0.25, 0.3) is 0 Å². The topological polar surface area (TPSA) is 41.1 Å². The summed E-state index contributed by atoms with van der Waals surface area (Å²) in [5, 5.41) is 6.61. The summed E-state index contributed by atoms with van der Waals surface area (Å²) in [6.07, 6.45) is 6.20. The Balaban J connectivity index is 1.34. The molecular weight excluding hydrogens is 248 g/mol. The van der Waals surface area contributed by atoms with Crippen LogP contribution in [0.2, 0.25) is 0 Å². The molecule has 0 aromatic heterocycles. The van der Waals surface area contributed by atoms with Crippen molar-refractivity contribution in [1.29, 1.82) is 0 Å². The molecule has 3 nitrogen and oxygen atoms in total. The normalized spacial score (nSPS) is 30.9. The van der Waals surface area contributed by atoms with Gasteiger partial charge in [-0.2, -0.15) is 0 Å². The van der Waals surface area contributed by atoms with Crippen LogP contribution < -0.4 is 10.6 Å². The van der Waals surface area contributed by atoms with Crippen LogP contribution in [0.4, 0.5) is 5.69 Å². The van der Waals surface area contributed by atoms with Crippen LogP contribution in [0.3, 0.4) is 0 Å². The second-order valence-electron chi connectivity index (χ2n) is 6.77. The smallest absolute Gasteiger partial charge is 0.227 e. The third kappa shape index (κ3) is 2.73. The lowest BCUT2D eigenvalue weighted by molar-refractivity contribution is -0.120. The van der Waals surface area contributed by atoms with E-state index in [4.69, 9.17) is 0 Å². The van der Waals surface area contributed by atoms with Crippen molar-refractivity contribution < 1.29 is 4.79 Å². The monoisotopic (exact) mass is 270 g/mol. The zero-order chi connectivity index (χ0) is 13.5. The largest absolute Gasteiger partial charge is 0.326 e. The summed E-state index contributed by atoms with van der Waals surface area (Å²) in [4.78, 5) is 12.2. The standard InChI is InChI=1S/C17H22N2O/c20-17(14-8-12-7-13(12)9-14)19-16-3-1-2-11(6-16)10-18-15-4-5-15/h1-3,6,12-15,18H,4-5,7-10H2,(H,19,20). The van der Waals surface area contributed by atoms with Crippen molar-refractivity contribution in [1.82, 2.24) is 5.32 Å². The summed E-state index contributed by atoms with van der Waals surface area (Å²) in [5.41, 5.74) is 2.20. The molecule has 4 rings (SSSR count). The molecule has 3 aliphatic rings. The van der Waals surface area contributed by atoms with Crippen molar-refractivity contribution >= 4 is 11.6 Å². The lowest BCUT2D eigenvalue weighted by atomic mass is 10.0. The molecule has 3 saturated carbocycles. The number of fused-ring (bicyclic) bond motifs is 1. The van der Waals surface area contributed by atoms with Crippen LogP contribution in [-0.4, -0.2) is 11.9 Å². The average Bonchev–Trinajstić information content (AvgIpc) is 3.37. The van der Waals surface area contributed by atoms with Gasteiger partial charge in [0.1, 0.15) is 0 Å². The minimum atomic E-state index is 0.226. The Morgan fingerprint density at radius 2 is 1.95 bits per heavy atom. The highest BCUT2D eigenvalue weighted by atomic mass is 16.1. The summed E-state index contributed by atoms with van der Waals surface area (Å²) in [6.45, 7) is 0.905. The Morgan fingerprint density at radius 1 is 1.15 bits per heavy atom. The zero-order valence-electron chi connectivity index (χ0n) is 11.8. The molecule has 3 aliphatic carbocycles. The Labute approximate surface area is 120 Å². The molecule has 106 valence electrons. The first-order chi connectivity index (χ1) is 9.78. The number of carbonyl (C=O) groups is 1. The van der Waals surface area contributed by atoms with Crippen LogP contribution in [0.15, 0.2) is 24.3 Å². The van der Waals surface area contributed by atoms with E-state index in [0.29, 0.717) is 0 Å². The van der Waals surface area contributed by atoms with Crippen molar-refractivity contribution in [2.75, 3.05) is 5.32 Å². The number of benzene rings is 1. The average molecular weight is 270 g/mol. The molecule has 0 bridgehead atoms. The molecule has 0 spiro atoms. The van der Waals surface area contributed by atoms with Gasteiger partial charge in [-0.1, -0.05) is 12.1 Å². The predicted octanol–water partition coefficient (Wildman–Crippen LogP) is 2.92. The zero-order valence-corrected chi connectivity index (χ0v) is 11.8. The van der Waals surface area contributed by atoms with E-state index >= 15 is 0 Å². The van der Waals surface area contributed by atoms with Gasteiger partial charge < -0.3 is 10.6 Å². The van der Waals surface area contributed by atoms with Crippen molar-refractivity contribution in [3.63, 3.8) is 0 Å². The second-order valence-corrected chi connectivity index (χ2v) is 6.77. The third-order valence-electron chi connectivity index (χ3n) is 4.98. The van der Waals surface area contributed by atoms with Gasteiger partial charge in [-0.15, -0.1) is 0 Å². The summed E-state index contributed by atoms with van der Waals surface area (Å²) in [7, 11) is 0. The maximum Gasteiger partial charge on any atom is 0.227 e. The molecule has 1 aromatic carbocycles. The SMILES string of the molecule is O=C(Nc1cccc(CNC2CC2)c1)C1CC2CC2C1. The molecule has 2 N–H and O–H groups in total. The van der Waals surface area contributed by atoms with Gasteiger partial charge in [0.05, 0.1) is 0 Å². The van der Waals surface area contributed by atoms with Crippen LogP contribution in [0, 0.1) is 17.8 Å². The van der Waals surface area contributed by atoms with Crippen molar-refractivity contribution in [2.45, 2.75) is 44.7 Å². The molecule has 2 unspecified atom stereocenters. The number of anilines is 1. The molecular formula is C17H22N2O. The number of carbonyl (C=O) groups excluding carboxylic acids is 1. The molecule has 0 aliphatic heterocycles. The Kier molecular flexibility index (Phi) is 3.03. The lowest BCUT2D eigenvalue weighted by Crippen LogP contribution is -2.22. The molecule has 3 fully saturated rings. The first-order valence-corrected chi connectivity index (χ1v) is 7.91. The van der Waals surface area contributed by atoms with Gasteiger partial charge in [0.2, 0.25) is 5.91 Å². The summed E-state index contributed by atoms with van der Waals surface area (Å²) in [6, 6.07) is 8.97. The van der Waals surface area contributed by atoms with Gasteiger partial charge in [0, 0.05) is 24.2 Å². The summed E-state index contributed by atoms with van der Waals surface area (Å²) in [5.74, 6) is 2.20. The summed E-state index contributed by atoms with van der Waals surface area (Å²) >= 11 is 0. The predicted molar refractivity (Wildman–Crippen MR) is 79.3 cm³/mol. The number of nitrogens with one attached hydrogen (secondary N) is 2. The third-order valence-corrected chi connectivity index (χ3v) is 4.98. The minimum Gasteiger partial charge on any atom is -0.326 e. The molecule has 1 amide bonds. The van der Waals surface area contributed by atoms with E-state index in [1.165, 1.54) is 24.8 Å². The van der Waals surface area contributed by atoms with Gasteiger partial charge >= 0.3 is 0 Å². The van der Waals surface area contributed by atoms with E-state index in [-0.39, 0.29) is 11.8 Å². The molecule has 2 atom stereocenters. The van der Waals surface area contributed by atoms with Crippen LogP contribution in [-0.2, 0) is 11.3 Å². The Hall–Kier alpha value is -1.35. The molecule has 0 saturated heterocycles. The highest BCUT2D eigenvalue weighted by Gasteiger charge is 2.47. The van der Waals surface area contributed by atoms with Gasteiger partial charge in [-0.25, -0.2) is 0 Å². The van der Waals surface area contributed by atoms with Gasteiger partial charge in [-0.3, -0.25) is 4.79 Å². The highest BCUT2D eigenvalue weighted by molar-refractivity contribution is 5.92. The van der Waals surface area contributed by atoms with E-state index in [1.807, 2.05) is 12.1 Å². The Bertz CT molecular complexity index is 513. The molecule has 0 radical (unpaired) electrons. The van der Waals surface area contributed by atoms with Crippen molar-refractivity contribution in [2.24, 2.45) is 17.8 Å². The lowest BCUT2D eigenvalue weighted by Gasteiger charge is -2.13. The first kappa shape index (κ1) is 12.4. The first-order valence-electron chi connectivity index (χ1n) is 7.91. The van der Waals surface area contributed by atoms with E-state index in [9.17, 15) is 4.79 Å². The fourth-order valence-electron chi connectivity index (χ4n) is 3.48. The maximum atomic E-state index is 12.2. The second kappa shape index (κ2) is 4.88. The molecule has 3 heteroatoms. The van der Waals surface area contributed by atoms with E-state index in [1.54, 1.807) is 0 Å². The maximum absolute atomic E-state index is 12.2. The number of hydrogen-bond acceptors (Lipinski definition) is 2. The van der Waals surface area contributed by atoms with Gasteiger partial charge in [-0.05, 0) is 61.6 Å². The fraction of sp³-hybridized carbons (Fsp3) is 0.588. The Morgan fingerprint density at radius 3 is 2.70 bits per heavy atom. The van der Waals surface area contributed by atoms with E-state index in [2.05, 4.69) is 22.8 Å². The van der Waals surface area contributed by atoms with Crippen LogP contribution in [0.5, 0.6) is 0 Å². The van der Waals surface area contributed by atoms with Crippen LogP contribution in [0.1, 0.15) is 37.7 Å². The van der Waals surface area contributed by atoms with E-state index in [0.717, 1.165) is 43.0 Å². The van der Waals surface area contributed by atoms with E-state index < -0.39 is 0 Å². The number of amides is 1.